The Bertz CT molecular complexity index is 1730. The van der Waals surface area contributed by atoms with Crippen LogP contribution in [0, 0.1) is 13.8 Å². The Morgan fingerprint density at radius 1 is 0.844 bits per heavy atom. The topological polar surface area (TPSA) is 86.8 Å². The second-order valence-corrected chi connectivity index (χ2v) is 13.6. The number of amides is 2. The predicted octanol–water partition coefficient (Wildman–Crippen LogP) is 6.97. The molecule has 4 aromatic rings. The van der Waals surface area contributed by atoms with Gasteiger partial charge < -0.3 is 10.2 Å². The van der Waals surface area contributed by atoms with E-state index in [2.05, 4.69) is 5.32 Å². The van der Waals surface area contributed by atoms with Crippen LogP contribution in [0.1, 0.15) is 35.6 Å². The van der Waals surface area contributed by atoms with Crippen LogP contribution >= 0.6 is 23.2 Å². The third-order valence-corrected chi connectivity index (χ3v) is 9.88. The van der Waals surface area contributed by atoms with Gasteiger partial charge in [0.25, 0.3) is 10.0 Å². The van der Waals surface area contributed by atoms with Gasteiger partial charge in [0.05, 0.1) is 10.6 Å². The van der Waals surface area contributed by atoms with Crippen molar-refractivity contribution in [3.63, 3.8) is 0 Å². The highest BCUT2D eigenvalue weighted by atomic mass is 35.5. The summed E-state index contributed by atoms with van der Waals surface area (Å²) in [4.78, 5) is 29.7. The molecule has 0 radical (unpaired) electrons. The number of rotatable bonds is 13. The molecule has 0 saturated heterocycles. The monoisotopic (exact) mass is 665 g/mol. The van der Waals surface area contributed by atoms with Gasteiger partial charge in [-0.05, 0) is 73.4 Å². The number of benzene rings is 4. The standard InChI is InChI=1S/C35H37Cl2N3O4S/c1-4-20-38-35(42)33(22-27-10-6-5-7-11-27)39(23-28-12-8-13-29(36)21-28)34(41)24-40(32-15-9-14-31(37)26(32)3)45(43,44)30-18-16-25(2)17-19-30/h5-19,21,33H,4,20,22-24H2,1-3H3,(H,38,42)/t33-/m0/s1. The summed E-state index contributed by atoms with van der Waals surface area (Å²) in [5.41, 5.74) is 3.22. The molecule has 0 bridgehead atoms. The molecule has 2 amide bonds. The molecule has 0 aliphatic rings. The maximum absolute atomic E-state index is 14.5. The van der Waals surface area contributed by atoms with Crippen LogP contribution in [-0.2, 0) is 32.6 Å². The molecule has 0 aliphatic heterocycles. The third kappa shape index (κ3) is 8.66. The van der Waals surface area contributed by atoms with E-state index in [1.165, 1.54) is 17.0 Å². The lowest BCUT2D eigenvalue weighted by Crippen LogP contribution is -2.53. The predicted molar refractivity (Wildman–Crippen MR) is 181 cm³/mol. The van der Waals surface area contributed by atoms with E-state index < -0.39 is 28.5 Å². The van der Waals surface area contributed by atoms with Gasteiger partial charge in [-0.1, -0.05) is 96.4 Å². The summed E-state index contributed by atoms with van der Waals surface area (Å²) in [7, 11) is -4.23. The molecule has 0 spiro atoms. The van der Waals surface area contributed by atoms with E-state index >= 15 is 0 Å². The van der Waals surface area contributed by atoms with Crippen molar-refractivity contribution in [1.82, 2.24) is 10.2 Å². The fourth-order valence-corrected chi connectivity index (χ4v) is 6.82. The molecule has 0 unspecified atom stereocenters. The highest BCUT2D eigenvalue weighted by molar-refractivity contribution is 7.92. The molecular weight excluding hydrogens is 629 g/mol. The Balaban J connectivity index is 1.83. The summed E-state index contributed by atoms with van der Waals surface area (Å²) >= 11 is 12.7. The SMILES string of the molecule is CCCNC(=O)[C@H](Cc1ccccc1)N(Cc1cccc(Cl)c1)C(=O)CN(c1cccc(Cl)c1C)S(=O)(=O)c1ccc(C)cc1. The van der Waals surface area contributed by atoms with E-state index in [0.717, 1.165) is 15.4 Å². The third-order valence-electron chi connectivity index (χ3n) is 7.46. The first-order chi connectivity index (χ1) is 21.5. The first kappa shape index (κ1) is 34.0. The van der Waals surface area contributed by atoms with E-state index in [-0.39, 0.29) is 29.5 Å². The fraction of sp³-hybridized carbons (Fsp3) is 0.257. The Labute approximate surface area is 275 Å². The summed E-state index contributed by atoms with van der Waals surface area (Å²) in [5.74, 6) is -0.888. The van der Waals surface area contributed by atoms with Crippen molar-refractivity contribution in [3.05, 3.63) is 129 Å². The van der Waals surface area contributed by atoms with Crippen molar-refractivity contribution in [2.75, 3.05) is 17.4 Å². The Kier molecular flexibility index (Phi) is 11.7. The van der Waals surface area contributed by atoms with E-state index in [1.807, 2.05) is 50.2 Å². The maximum Gasteiger partial charge on any atom is 0.264 e. The van der Waals surface area contributed by atoms with Crippen LogP contribution in [0.25, 0.3) is 0 Å². The summed E-state index contributed by atoms with van der Waals surface area (Å²) in [5, 5.41) is 3.78. The van der Waals surface area contributed by atoms with Crippen LogP contribution in [0.15, 0.2) is 102 Å². The number of hydrogen-bond acceptors (Lipinski definition) is 4. The lowest BCUT2D eigenvalue weighted by Gasteiger charge is -2.34. The summed E-state index contributed by atoms with van der Waals surface area (Å²) in [6, 6.07) is 26.9. The van der Waals surface area contributed by atoms with E-state index in [1.54, 1.807) is 55.5 Å². The van der Waals surface area contributed by atoms with Crippen LogP contribution in [0.5, 0.6) is 0 Å². The highest BCUT2D eigenvalue weighted by Gasteiger charge is 2.35. The highest BCUT2D eigenvalue weighted by Crippen LogP contribution is 2.31. The van der Waals surface area contributed by atoms with E-state index in [0.29, 0.717) is 34.1 Å². The minimum absolute atomic E-state index is 0.0307. The summed E-state index contributed by atoms with van der Waals surface area (Å²) in [6.45, 7) is 5.41. The second kappa shape index (κ2) is 15.4. The zero-order valence-corrected chi connectivity index (χ0v) is 27.9. The normalized spacial score (nSPS) is 11.9. The number of sulfonamides is 1. The minimum Gasteiger partial charge on any atom is -0.354 e. The van der Waals surface area contributed by atoms with Gasteiger partial charge >= 0.3 is 0 Å². The van der Waals surface area contributed by atoms with Gasteiger partial charge in [0.15, 0.2) is 0 Å². The van der Waals surface area contributed by atoms with Crippen molar-refractivity contribution in [3.8, 4) is 0 Å². The molecule has 4 rings (SSSR count). The average Bonchev–Trinajstić information content (AvgIpc) is 3.02. The Morgan fingerprint density at radius 2 is 1.51 bits per heavy atom. The number of anilines is 1. The van der Waals surface area contributed by atoms with Crippen LogP contribution in [0.3, 0.4) is 0 Å². The molecule has 0 saturated carbocycles. The van der Waals surface area contributed by atoms with Crippen molar-refractivity contribution < 1.29 is 18.0 Å². The summed E-state index contributed by atoms with van der Waals surface area (Å²) < 4.78 is 29.5. The Hall–Kier alpha value is -3.85. The number of nitrogens with zero attached hydrogens (tertiary/aromatic N) is 2. The van der Waals surface area contributed by atoms with Gasteiger partial charge in [0.1, 0.15) is 12.6 Å². The molecular formula is C35H37Cl2N3O4S. The van der Waals surface area contributed by atoms with Gasteiger partial charge in [-0.15, -0.1) is 0 Å². The molecule has 0 heterocycles. The van der Waals surface area contributed by atoms with Crippen LogP contribution in [0.4, 0.5) is 5.69 Å². The largest absolute Gasteiger partial charge is 0.354 e. The van der Waals surface area contributed by atoms with Crippen LogP contribution in [-0.4, -0.2) is 44.3 Å². The Morgan fingerprint density at radius 3 is 2.18 bits per heavy atom. The number of aryl methyl sites for hydroxylation is 1. The second-order valence-electron chi connectivity index (χ2n) is 10.9. The molecule has 1 N–H and O–H groups in total. The van der Waals surface area contributed by atoms with Gasteiger partial charge in [-0.3, -0.25) is 13.9 Å². The first-order valence-electron chi connectivity index (χ1n) is 14.7. The van der Waals surface area contributed by atoms with Crippen molar-refractivity contribution in [1.29, 1.82) is 0 Å². The lowest BCUT2D eigenvalue weighted by molar-refractivity contribution is -0.140. The molecule has 236 valence electrons. The molecule has 10 heteroatoms. The quantitative estimate of drug-likeness (QED) is 0.167. The molecule has 0 aliphatic carbocycles. The van der Waals surface area contributed by atoms with E-state index in [4.69, 9.17) is 23.2 Å². The minimum atomic E-state index is -4.23. The zero-order valence-electron chi connectivity index (χ0n) is 25.5. The van der Waals surface area contributed by atoms with Crippen molar-refractivity contribution in [2.45, 2.75) is 51.1 Å². The van der Waals surface area contributed by atoms with Crippen molar-refractivity contribution >= 4 is 50.7 Å². The van der Waals surface area contributed by atoms with Gasteiger partial charge in [-0.2, -0.15) is 0 Å². The van der Waals surface area contributed by atoms with Crippen LogP contribution < -0.4 is 9.62 Å². The first-order valence-corrected chi connectivity index (χ1v) is 16.9. The van der Waals surface area contributed by atoms with E-state index in [9.17, 15) is 18.0 Å². The molecule has 7 nitrogen and oxygen atoms in total. The fourth-order valence-electron chi connectivity index (χ4n) is 4.97. The zero-order chi connectivity index (χ0) is 32.6. The molecule has 45 heavy (non-hydrogen) atoms. The lowest BCUT2D eigenvalue weighted by atomic mass is 10.0. The molecule has 0 aromatic heterocycles. The smallest absolute Gasteiger partial charge is 0.264 e. The molecule has 0 fully saturated rings. The average molecular weight is 667 g/mol. The van der Waals surface area contributed by atoms with Gasteiger partial charge in [0, 0.05) is 29.6 Å². The maximum atomic E-state index is 14.5. The molecule has 1 atom stereocenters. The number of carbonyl (C=O) groups is 2. The van der Waals surface area contributed by atoms with Crippen molar-refractivity contribution in [2.24, 2.45) is 0 Å². The van der Waals surface area contributed by atoms with Crippen LogP contribution in [0.2, 0.25) is 10.0 Å². The van der Waals surface area contributed by atoms with Gasteiger partial charge in [0.2, 0.25) is 11.8 Å². The number of halogens is 2. The number of nitrogens with one attached hydrogen (secondary N) is 1. The van der Waals surface area contributed by atoms with Gasteiger partial charge in [-0.25, -0.2) is 8.42 Å². The number of carbonyl (C=O) groups excluding carboxylic acids is 2. The number of hydrogen-bond donors (Lipinski definition) is 1. The summed E-state index contributed by atoms with van der Waals surface area (Å²) in [6.07, 6.45) is 0.937. The molecule has 4 aromatic carbocycles.